The second kappa shape index (κ2) is 5.66. The number of hydrogen-bond donors (Lipinski definition) is 2. The molecule has 3 nitrogen and oxygen atoms in total. The molecule has 1 aromatic rings. The van der Waals surface area contributed by atoms with Gasteiger partial charge in [-0.2, -0.15) is 0 Å². The molecule has 0 heterocycles. The van der Waals surface area contributed by atoms with Crippen LogP contribution in [-0.4, -0.2) is 17.1 Å². The molecule has 0 radical (unpaired) electrons. The molecular formula is C13H19NO2. The number of rotatable bonds is 5. The van der Waals surface area contributed by atoms with Crippen LogP contribution in [0.1, 0.15) is 37.3 Å². The van der Waals surface area contributed by atoms with Crippen LogP contribution in [0.3, 0.4) is 0 Å². The Morgan fingerprint density at radius 1 is 1.31 bits per heavy atom. The van der Waals surface area contributed by atoms with Crippen molar-refractivity contribution in [1.29, 1.82) is 0 Å². The van der Waals surface area contributed by atoms with E-state index in [1.807, 2.05) is 31.2 Å². The van der Waals surface area contributed by atoms with Crippen molar-refractivity contribution < 1.29 is 9.90 Å². The highest BCUT2D eigenvalue weighted by Crippen LogP contribution is 2.23. The maximum atomic E-state index is 10.9. The number of benzene rings is 1. The maximum Gasteiger partial charge on any atom is 0.321 e. The Kier molecular flexibility index (Phi) is 4.50. The molecule has 0 aliphatic rings. The highest BCUT2D eigenvalue weighted by Gasteiger charge is 2.23. The number of carboxylic acids is 1. The molecule has 0 aromatic heterocycles. The van der Waals surface area contributed by atoms with E-state index in [0.717, 1.165) is 18.4 Å². The Hall–Kier alpha value is -1.35. The molecule has 0 fully saturated rings. The van der Waals surface area contributed by atoms with Crippen molar-refractivity contribution in [1.82, 2.24) is 0 Å². The number of aryl methyl sites for hydroxylation is 1. The van der Waals surface area contributed by atoms with Crippen molar-refractivity contribution in [3.8, 4) is 0 Å². The van der Waals surface area contributed by atoms with Crippen molar-refractivity contribution in [2.45, 2.75) is 38.6 Å². The predicted molar refractivity (Wildman–Crippen MR) is 64.5 cm³/mol. The third kappa shape index (κ3) is 2.83. The second-order valence-electron chi connectivity index (χ2n) is 3.97. The highest BCUT2D eigenvalue weighted by atomic mass is 16.4. The summed E-state index contributed by atoms with van der Waals surface area (Å²) in [5.41, 5.74) is 7.94. The topological polar surface area (TPSA) is 63.3 Å². The Balaban J connectivity index is 2.90. The predicted octanol–water partition coefficient (Wildman–Crippen LogP) is 2.15. The third-order valence-corrected chi connectivity index (χ3v) is 2.97. The zero-order valence-electron chi connectivity index (χ0n) is 9.81. The van der Waals surface area contributed by atoms with Gasteiger partial charge in [-0.3, -0.25) is 4.79 Å². The highest BCUT2D eigenvalue weighted by molar-refractivity contribution is 5.74. The minimum atomic E-state index is -0.939. The summed E-state index contributed by atoms with van der Waals surface area (Å²) < 4.78 is 0. The molecule has 0 bridgehead atoms. The Bertz CT molecular complexity index is 345. The summed E-state index contributed by atoms with van der Waals surface area (Å²) in [7, 11) is 0. The summed E-state index contributed by atoms with van der Waals surface area (Å²) in [6.45, 7) is 4.05. The standard InChI is InChI=1S/C13H19NO2/c1-3-9-5-7-10(8-6-9)11(4-2)12(14)13(15)16/h5-8,11-12H,3-4,14H2,1-2H3,(H,15,16). The summed E-state index contributed by atoms with van der Waals surface area (Å²) in [6.07, 6.45) is 1.72. The van der Waals surface area contributed by atoms with Crippen LogP contribution >= 0.6 is 0 Å². The molecule has 3 N–H and O–H groups in total. The SMILES string of the molecule is CCc1ccc(C(CC)C(N)C(=O)O)cc1. The minimum Gasteiger partial charge on any atom is -0.480 e. The van der Waals surface area contributed by atoms with Crippen molar-refractivity contribution in [2.75, 3.05) is 0 Å². The molecule has 0 amide bonds. The lowest BCUT2D eigenvalue weighted by molar-refractivity contribution is -0.139. The number of aliphatic carboxylic acids is 1. The van der Waals surface area contributed by atoms with E-state index < -0.39 is 12.0 Å². The van der Waals surface area contributed by atoms with Gasteiger partial charge in [0.2, 0.25) is 0 Å². The number of carboxylic acid groups (broad SMARTS) is 1. The van der Waals surface area contributed by atoms with Crippen LogP contribution in [0.5, 0.6) is 0 Å². The van der Waals surface area contributed by atoms with Crippen LogP contribution in [0.4, 0.5) is 0 Å². The van der Waals surface area contributed by atoms with Gasteiger partial charge in [0.15, 0.2) is 0 Å². The van der Waals surface area contributed by atoms with Crippen LogP contribution < -0.4 is 5.73 Å². The first-order valence-corrected chi connectivity index (χ1v) is 5.67. The second-order valence-corrected chi connectivity index (χ2v) is 3.97. The third-order valence-electron chi connectivity index (χ3n) is 2.97. The molecule has 3 heteroatoms. The zero-order valence-corrected chi connectivity index (χ0v) is 9.81. The van der Waals surface area contributed by atoms with Crippen molar-refractivity contribution in [3.63, 3.8) is 0 Å². The first-order chi connectivity index (χ1) is 7.60. The Morgan fingerprint density at radius 3 is 2.25 bits per heavy atom. The van der Waals surface area contributed by atoms with Gasteiger partial charge in [0.1, 0.15) is 6.04 Å². The lowest BCUT2D eigenvalue weighted by Gasteiger charge is -2.19. The van der Waals surface area contributed by atoms with Gasteiger partial charge in [0.25, 0.3) is 0 Å². The van der Waals surface area contributed by atoms with Gasteiger partial charge in [-0.15, -0.1) is 0 Å². The van der Waals surface area contributed by atoms with Crippen molar-refractivity contribution in [2.24, 2.45) is 5.73 Å². The molecule has 88 valence electrons. The van der Waals surface area contributed by atoms with E-state index in [1.54, 1.807) is 0 Å². The summed E-state index contributed by atoms with van der Waals surface area (Å²) in [5.74, 6) is -1.05. The Labute approximate surface area is 96.3 Å². The van der Waals surface area contributed by atoms with Gasteiger partial charge in [-0.05, 0) is 24.0 Å². The molecule has 0 aliphatic heterocycles. The summed E-state index contributed by atoms with van der Waals surface area (Å²) in [5, 5.41) is 8.92. The fraction of sp³-hybridized carbons (Fsp3) is 0.462. The van der Waals surface area contributed by atoms with Crippen LogP contribution in [0.2, 0.25) is 0 Å². The summed E-state index contributed by atoms with van der Waals surface area (Å²) in [6, 6.07) is 7.21. The molecular weight excluding hydrogens is 202 g/mol. The van der Waals surface area contributed by atoms with E-state index in [9.17, 15) is 4.79 Å². The maximum absolute atomic E-state index is 10.9. The quantitative estimate of drug-likeness (QED) is 0.800. The number of carbonyl (C=O) groups is 1. The monoisotopic (exact) mass is 221 g/mol. The van der Waals surface area contributed by atoms with E-state index in [4.69, 9.17) is 10.8 Å². The van der Waals surface area contributed by atoms with Gasteiger partial charge in [0.05, 0.1) is 0 Å². The van der Waals surface area contributed by atoms with Gasteiger partial charge in [-0.1, -0.05) is 38.1 Å². The van der Waals surface area contributed by atoms with E-state index in [0.29, 0.717) is 0 Å². The number of nitrogens with two attached hydrogens (primary N) is 1. The van der Waals surface area contributed by atoms with Gasteiger partial charge in [-0.25, -0.2) is 0 Å². The van der Waals surface area contributed by atoms with Gasteiger partial charge < -0.3 is 10.8 Å². The smallest absolute Gasteiger partial charge is 0.321 e. The summed E-state index contributed by atoms with van der Waals surface area (Å²) >= 11 is 0. The molecule has 2 atom stereocenters. The van der Waals surface area contributed by atoms with Crippen molar-refractivity contribution in [3.05, 3.63) is 35.4 Å². The zero-order chi connectivity index (χ0) is 12.1. The van der Waals surface area contributed by atoms with Crippen molar-refractivity contribution >= 4 is 5.97 Å². The molecule has 0 spiro atoms. The minimum absolute atomic E-state index is 0.108. The molecule has 16 heavy (non-hydrogen) atoms. The van der Waals surface area contributed by atoms with E-state index in [2.05, 4.69) is 6.92 Å². The van der Waals surface area contributed by atoms with Gasteiger partial charge >= 0.3 is 5.97 Å². The normalized spacial score (nSPS) is 14.4. The fourth-order valence-corrected chi connectivity index (χ4v) is 1.87. The van der Waals surface area contributed by atoms with E-state index >= 15 is 0 Å². The first kappa shape index (κ1) is 12.7. The lowest BCUT2D eigenvalue weighted by Crippen LogP contribution is -2.36. The largest absolute Gasteiger partial charge is 0.480 e. The molecule has 0 saturated carbocycles. The van der Waals surface area contributed by atoms with Crippen LogP contribution in [-0.2, 0) is 11.2 Å². The van der Waals surface area contributed by atoms with E-state index in [1.165, 1.54) is 5.56 Å². The molecule has 0 saturated heterocycles. The molecule has 1 aromatic carbocycles. The van der Waals surface area contributed by atoms with E-state index in [-0.39, 0.29) is 5.92 Å². The van der Waals surface area contributed by atoms with Gasteiger partial charge in [0, 0.05) is 5.92 Å². The van der Waals surface area contributed by atoms with Crippen LogP contribution in [0.25, 0.3) is 0 Å². The fourth-order valence-electron chi connectivity index (χ4n) is 1.87. The number of hydrogen-bond acceptors (Lipinski definition) is 2. The average molecular weight is 221 g/mol. The lowest BCUT2D eigenvalue weighted by atomic mass is 9.89. The average Bonchev–Trinajstić information content (AvgIpc) is 2.30. The molecule has 1 rings (SSSR count). The molecule has 0 aliphatic carbocycles. The first-order valence-electron chi connectivity index (χ1n) is 5.67. The molecule has 2 unspecified atom stereocenters. The Morgan fingerprint density at radius 2 is 1.88 bits per heavy atom. The van der Waals surface area contributed by atoms with Crippen LogP contribution in [0, 0.1) is 0 Å². The van der Waals surface area contributed by atoms with Crippen LogP contribution in [0.15, 0.2) is 24.3 Å². The summed E-state index contributed by atoms with van der Waals surface area (Å²) in [4.78, 5) is 10.9.